The Morgan fingerprint density at radius 3 is 2.76 bits per heavy atom. The Morgan fingerprint density at radius 1 is 1.10 bits per heavy atom. The average Bonchev–Trinajstić information content (AvgIpc) is 2.89. The van der Waals surface area contributed by atoms with Gasteiger partial charge < -0.3 is 10.6 Å². The van der Waals surface area contributed by atoms with E-state index < -0.39 is 17.7 Å². The smallest absolute Gasteiger partial charge is 0.308 e. The van der Waals surface area contributed by atoms with Crippen LogP contribution >= 0.6 is 11.3 Å². The maximum Gasteiger partial charge on any atom is 0.323 e. The first-order chi connectivity index (χ1) is 10.1. The molecule has 2 amide bonds. The molecule has 7 heteroatoms. The van der Waals surface area contributed by atoms with Crippen molar-refractivity contribution in [2.24, 2.45) is 0 Å². The lowest BCUT2D eigenvalue weighted by Gasteiger charge is -2.08. The van der Waals surface area contributed by atoms with Crippen molar-refractivity contribution in [3.05, 3.63) is 53.5 Å². The van der Waals surface area contributed by atoms with Crippen molar-refractivity contribution in [3.8, 4) is 0 Å². The van der Waals surface area contributed by atoms with Crippen LogP contribution in [0.1, 0.15) is 0 Å². The van der Waals surface area contributed by atoms with Gasteiger partial charge in [0.05, 0.1) is 21.4 Å². The van der Waals surface area contributed by atoms with Crippen LogP contribution in [0, 0.1) is 11.6 Å². The quantitative estimate of drug-likeness (QED) is 0.745. The zero-order valence-electron chi connectivity index (χ0n) is 10.6. The molecule has 4 nitrogen and oxygen atoms in total. The number of nitrogens with zero attached hydrogens (tertiary/aromatic N) is 1. The molecule has 0 spiro atoms. The first-order valence-electron chi connectivity index (χ1n) is 5.98. The van der Waals surface area contributed by atoms with Crippen LogP contribution in [0.2, 0.25) is 0 Å². The van der Waals surface area contributed by atoms with Gasteiger partial charge in [-0.15, -0.1) is 11.3 Å². The van der Waals surface area contributed by atoms with Gasteiger partial charge in [-0.05, 0) is 30.3 Å². The monoisotopic (exact) mass is 305 g/mol. The minimum absolute atomic E-state index is 0.0939. The van der Waals surface area contributed by atoms with Gasteiger partial charge in [0.1, 0.15) is 11.6 Å². The Morgan fingerprint density at radius 2 is 1.95 bits per heavy atom. The molecule has 2 N–H and O–H groups in total. The minimum Gasteiger partial charge on any atom is -0.308 e. The van der Waals surface area contributed by atoms with Crippen LogP contribution in [0.5, 0.6) is 0 Å². The molecule has 0 unspecified atom stereocenters. The largest absolute Gasteiger partial charge is 0.323 e. The van der Waals surface area contributed by atoms with Crippen LogP contribution in [0.15, 0.2) is 41.9 Å². The highest BCUT2D eigenvalue weighted by Gasteiger charge is 2.08. The summed E-state index contributed by atoms with van der Waals surface area (Å²) in [5, 5.41) is 4.89. The summed E-state index contributed by atoms with van der Waals surface area (Å²) < 4.78 is 27.2. The fourth-order valence-corrected chi connectivity index (χ4v) is 2.47. The lowest BCUT2D eigenvalue weighted by atomic mass is 10.3. The zero-order valence-corrected chi connectivity index (χ0v) is 11.4. The average molecular weight is 305 g/mol. The van der Waals surface area contributed by atoms with E-state index in [-0.39, 0.29) is 5.69 Å². The van der Waals surface area contributed by atoms with Crippen molar-refractivity contribution < 1.29 is 13.6 Å². The molecule has 0 aliphatic rings. The van der Waals surface area contributed by atoms with E-state index in [4.69, 9.17) is 0 Å². The molecule has 0 aliphatic heterocycles. The van der Waals surface area contributed by atoms with Crippen molar-refractivity contribution in [1.82, 2.24) is 4.98 Å². The van der Waals surface area contributed by atoms with Gasteiger partial charge >= 0.3 is 6.03 Å². The van der Waals surface area contributed by atoms with E-state index in [1.165, 1.54) is 11.3 Å². The van der Waals surface area contributed by atoms with E-state index in [9.17, 15) is 13.6 Å². The number of amides is 2. The standard InChI is InChI=1S/C14H9F2N3OS/c15-8-1-3-11(10(16)5-8)19-14(20)18-9-2-4-13-12(6-9)17-7-21-13/h1-7H,(H2,18,19,20). The van der Waals surface area contributed by atoms with Crippen molar-refractivity contribution in [2.75, 3.05) is 10.6 Å². The Hall–Kier alpha value is -2.54. The minimum atomic E-state index is -0.833. The van der Waals surface area contributed by atoms with E-state index in [1.54, 1.807) is 17.6 Å². The number of hydrogen-bond donors (Lipinski definition) is 2. The fourth-order valence-electron chi connectivity index (χ4n) is 1.81. The van der Waals surface area contributed by atoms with E-state index in [0.29, 0.717) is 11.8 Å². The molecule has 0 fully saturated rings. The van der Waals surface area contributed by atoms with E-state index in [0.717, 1.165) is 22.3 Å². The molecule has 21 heavy (non-hydrogen) atoms. The van der Waals surface area contributed by atoms with Gasteiger partial charge in [0.15, 0.2) is 0 Å². The number of benzene rings is 2. The third kappa shape index (κ3) is 2.97. The molecule has 1 heterocycles. The van der Waals surface area contributed by atoms with Gasteiger partial charge in [0, 0.05) is 11.8 Å². The third-order valence-electron chi connectivity index (χ3n) is 2.77. The molecule has 1 aromatic heterocycles. The van der Waals surface area contributed by atoms with Crippen molar-refractivity contribution >= 4 is 39.0 Å². The van der Waals surface area contributed by atoms with Gasteiger partial charge in [-0.25, -0.2) is 18.6 Å². The summed E-state index contributed by atoms with van der Waals surface area (Å²) in [5.74, 6) is -1.53. The topological polar surface area (TPSA) is 54.0 Å². The van der Waals surface area contributed by atoms with Crippen LogP contribution in [-0.2, 0) is 0 Å². The maximum absolute atomic E-state index is 13.4. The van der Waals surface area contributed by atoms with Gasteiger partial charge in [0.2, 0.25) is 0 Å². The summed E-state index contributed by atoms with van der Waals surface area (Å²) in [6.45, 7) is 0. The zero-order chi connectivity index (χ0) is 14.8. The van der Waals surface area contributed by atoms with Gasteiger partial charge in [-0.2, -0.15) is 0 Å². The molecule has 0 aliphatic carbocycles. The first-order valence-corrected chi connectivity index (χ1v) is 6.86. The lowest BCUT2D eigenvalue weighted by molar-refractivity contribution is 0.262. The summed E-state index contributed by atoms with van der Waals surface area (Å²) in [4.78, 5) is 15.9. The molecule has 0 atom stereocenters. The van der Waals surface area contributed by atoms with Crippen molar-refractivity contribution in [3.63, 3.8) is 0 Å². The Bertz CT molecular complexity index is 819. The fraction of sp³-hybridized carbons (Fsp3) is 0. The van der Waals surface area contributed by atoms with Crippen molar-refractivity contribution in [2.45, 2.75) is 0 Å². The molecule has 0 bridgehead atoms. The maximum atomic E-state index is 13.4. The molecular weight excluding hydrogens is 296 g/mol. The molecule has 0 radical (unpaired) electrons. The summed E-state index contributed by atoms with van der Waals surface area (Å²) in [5.41, 5.74) is 2.92. The summed E-state index contributed by atoms with van der Waals surface area (Å²) >= 11 is 1.50. The number of hydrogen-bond acceptors (Lipinski definition) is 3. The first kappa shape index (κ1) is 13.4. The highest BCUT2D eigenvalue weighted by Crippen LogP contribution is 2.22. The number of thiazole rings is 1. The number of aromatic nitrogens is 1. The van der Waals surface area contributed by atoms with Crippen LogP contribution in [-0.4, -0.2) is 11.0 Å². The number of anilines is 2. The Kier molecular flexibility index (Phi) is 3.49. The predicted molar refractivity (Wildman–Crippen MR) is 78.6 cm³/mol. The summed E-state index contributed by atoms with van der Waals surface area (Å²) in [7, 11) is 0. The summed E-state index contributed by atoms with van der Waals surface area (Å²) in [6, 6.07) is 7.59. The molecule has 3 aromatic rings. The SMILES string of the molecule is O=C(Nc1ccc2scnc2c1)Nc1ccc(F)cc1F. The number of fused-ring (bicyclic) bond motifs is 1. The predicted octanol–water partition coefficient (Wildman–Crippen LogP) is 4.22. The molecule has 106 valence electrons. The van der Waals surface area contributed by atoms with Gasteiger partial charge in [-0.3, -0.25) is 0 Å². The van der Waals surface area contributed by atoms with Crippen LogP contribution in [0.3, 0.4) is 0 Å². The highest BCUT2D eigenvalue weighted by molar-refractivity contribution is 7.16. The molecule has 3 rings (SSSR count). The second kappa shape index (κ2) is 5.45. The number of carbonyl (C=O) groups is 1. The van der Waals surface area contributed by atoms with E-state index >= 15 is 0 Å². The highest BCUT2D eigenvalue weighted by atomic mass is 32.1. The van der Waals surface area contributed by atoms with Crippen LogP contribution in [0.25, 0.3) is 10.2 Å². The Balaban J connectivity index is 1.73. The van der Waals surface area contributed by atoms with Crippen molar-refractivity contribution in [1.29, 1.82) is 0 Å². The molecule has 0 saturated carbocycles. The van der Waals surface area contributed by atoms with Crippen LogP contribution in [0.4, 0.5) is 25.0 Å². The molecular formula is C14H9F2N3OS. The number of urea groups is 1. The number of carbonyl (C=O) groups excluding carboxylic acids is 1. The van der Waals surface area contributed by atoms with Crippen LogP contribution < -0.4 is 10.6 Å². The van der Waals surface area contributed by atoms with Gasteiger partial charge in [-0.1, -0.05) is 0 Å². The second-order valence-corrected chi connectivity index (χ2v) is 5.12. The lowest BCUT2D eigenvalue weighted by Crippen LogP contribution is -2.20. The number of rotatable bonds is 2. The number of halogens is 2. The third-order valence-corrected chi connectivity index (χ3v) is 3.58. The Labute approximate surface area is 122 Å². The van der Waals surface area contributed by atoms with E-state index in [1.807, 2.05) is 6.07 Å². The number of nitrogens with one attached hydrogen (secondary N) is 2. The summed E-state index contributed by atoms with van der Waals surface area (Å²) in [6.07, 6.45) is 0. The van der Waals surface area contributed by atoms with E-state index in [2.05, 4.69) is 15.6 Å². The second-order valence-electron chi connectivity index (χ2n) is 4.24. The molecule has 0 saturated heterocycles. The van der Waals surface area contributed by atoms with Gasteiger partial charge in [0.25, 0.3) is 0 Å². The normalized spacial score (nSPS) is 10.6. The molecule has 2 aromatic carbocycles.